The zero-order valence-corrected chi connectivity index (χ0v) is 11.4. The van der Waals surface area contributed by atoms with Crippen molar-refractivity contribution < 1.29 is 18.3 Å². The summed E-state index contributed by atoms with van der Waals surface area (Å²) < 4.78 is 24.0. The summed E-state index contributed by atoms with van der Waals surface area (Å²) in [5, 5.41) is 0.557. The molecule has 0 amide bonds. The first-order chi connectivity index (χ1) is 10.2. The molecule has 0 bridgehead atoms. The molecule has 1 atom stereocenters. The van der Waals surface area contributed by atoms with E-state index in [1.54, 1.807) is 0 Å². The van der Waals surface area contributed by atoms with E-state index in [0.29, 0.717) is 11.0 Å². The molecule has 1 unspecified atom stereocenters. The van der Waals surface area contributed by atoms with Gasteiger partial charge in [0.2, 0.25) is 5.78 Å². The second-order valence-corrected chi connectivity index (χ2v) is 4.68. The standard InChI is InChI=1S/C17H13FO3/c1-20-17(11-5-3-2-4-6-11)16(19)15-10-12-9-13(18)7-8-14(12)21-15/h2-10,17H,1H3. The molecule has 0 saturated heterocycles. The average Bonchev–Trinajstić information content (AvgIpc) is 2.92. The Labute approximate surface area is 120 Å². The number of benzene rings is 2. The zero-order chi connectivity index (χ0) is 14.8. The van der Waals surface area contributed by atoms with Gasteiger partial charge in [-0.3, -0.25) is 4.79 Å². The number of halogens is 1. The van der Waals surface area contributed by atoms with Crippen LogP contribution in [0.4, 0.5) is 4.39 Å². The lowest BCUT2D eigenvalue weighted by Gasteiger charge is -2.12. The van der Waals surface area contributed by atoms with Crippen molar-refractivity contribution in [2.75, 3.05) is 7.11 Å². The Morgan fingerprint density at radius 3 is 2.62 bits per heavy atom. The smallest absolute Gasteiger partial charge is 0.231 e. The Kier molecular flexibility index (Phi) is 3.54. The lowest BCUT2D eigenvalue weighted by molar-refractivity contribution is 0.0578. The molecule has 4 heteroatoms. The Balaban J connectivity index is 1.98. The van der Waals surface area contributed by atoms with Crippen molar-refractivity contribution in [1.29, 1.82) is 0 Å². The summed E-state index contributed by atoms with van der Waals surface area (Å²) in [4.78, 5) is 12.5. The van der Waals surface area contributed by atoms with E-state index >= 15 is 0 Å². The third-order valence-electron chi connectivity index (χ3n) is 3.30. The van der Waals surface area contributed by atoms with E-state index < -0.39 is 6.10 Å². The third-order valence-corrected chi connectivity index (χ3v) is 3.30. The molecule has 0 fully saturated rings. The molecule has 21 heavy (non-hydrogen) atoms. The minimum atomic E-state index is -0.739. The zero-order valence-electron chi connectivity index (χ0n) is 11.4. The second kappa shape index (κ2) is 5.50. The maximum absolute atomic E-state index is 13.2. The highest BCUT2D eigenvalue weighted by atomic mass is 19.1. The predicted octanol–water partition coefficient (Wildman–Crippen LogP) is 4.14. The molecule has 3 nitrogen and oxygen atoms in total. The number of methoxy groups -OCH3 is 1. The van der Waals surface area contributed by atoms with Gasteiger partial charge in [-0.25, -0.2) is 4.39 Å². The molecule has 0 N–H and O–H groups in total. The van der Waals surface area contributed by atoms with Crippen molar-refractivity contribution in [3.05, 3.63) is 71.7 Å². The van der Waals surface area contributed by atoms with E-state index in [9.17, 15) is 9.18 Å². The second-order valence-electron chi connectivity index (χ2n) is 4.68. The van der Waals surface area contributed by atoms with E-state index in [4.69, 9.17) is 9.15 Å². The van der Waals surface area contributed by atoms with E-state index in [0.717, 1.165) is 5.56 Å². The highest BCUT2D eigenvalue weighted by Crippen LogP contribution is 2.26. The lowest BCUT2D eigenvalue weighted by atomic mass is 10.0. The molecule has 0 radical (unpaired) electrons. The fraction of sp³-hybridized carbons (Fsp3) is 0.118. The SMILES string of the molecule is COC(C(=O)c1cc2cc(F)ccc2o1)c1ccccc1. The summed E-state index contributed by atoms with van der Waals surface area (Å²) >= 11 is 0. The number of hydrogen-bond acceptors (Lipinski definition) is 3. The molecule has 1 heterocycles. The van der Waals surface area contributed by atoms with Crippen LogP contribution in [0.5, 0.6) is 0 Å². The van der Waals surface area contributed by atoms with Crippen molar-refractivity contribution in [1.82, 2.24) is 0 Å². The molecule has 1 aromatic heterocycles. The van der Waals surface area contributed by atoms with Gasteiger partial charge in [0.05, 0.1) is 0 Å². The van der Waals surface area contributed by atoms with Gasteiger partial charge in [-0.2, -0.15) is 0 Å². The van der Waals surface area contributed by atoms with Gasteiger partial charge in [-0.15, -0.1) is 0 Å². The quantitative estimate of drug-likeness (QED) is 0.676. The molecule has 0 aliphatic carbocycles. The number of fused-ring (bicyclic) bond motifs is 1. The van der Waals surface area contributed by atoms with Crippen LogP contribution in [0.15, 0.2) is 59.0 Å². The van der Waals surface area contributed by atoms with Crippen LogP contribution in [0.1, 0.15) is 22.2 Å². The third kappa shape index (κ3) is 2.58. The minimum absolute atomic E-state index is 0.159. The van der Waals surface area contributed by atoms with Crippen LogP contribution in [0.25, 0.3) is 11.0 Å². The van der Waals surface area contributed by atoms with Gasteiger partial charge in [-0.1, -0.05) is 30.3 Å². The summed E-state index contributed by atoms with van der Waals surface area (Å²) in [5.41, 5.74) is 1.22. The summed E-state index contributed by atoms with van der Waals surface area (Å²) in [6.45, 7) is 0. The normalized spacial score (nSPS) is 12.5. The number of ether oxygens (including phenoxy) is 1. The van der Waals surface area contributed by atoms with Crippen molar-refractivity contribution in [2.24, 2.45) is 0 Å². The average molecular weight is 284 g/mol. The lowest BCUT2D eigenvalue weighted by Crippen LogP contribution is -2.14. The maximum Gasteiger partial charge on any atom is 0.231 e. The number of carbonyl (C=O) groups is 1. The Hall–Kier alpha value is -2.46. The fourth-order valence-corrected chi connectivity index (χ4v) is 2.29. The van der Waals surface area contributed by atoms with Crippen molar-refractivity contribution in [3.8, 4) is 0 Å². The van der Waals surface area contributed by atoms with Crippen LogP contribution in [-0.4, -0.2) is 12.9 Å². The van der Waals surface area contributed by atoms with Crippen LogP contribution >= 0.6 is 0 Å². The van der Waals surface area contributed by atoms with E-state index in [-0.39, 0.29) is 17.4 Å². The largest absolute Gasteiger partial charge is 0.453 e. The van der Waals surface area contributed by atoms with Crippen LogP contribution in [0, 0.1) is 5.82 Å². The number of furan rings is 1. The first-order valence-corrected chi connectivity index (χ1v) is 6.50. The monoisotopic (exact) mass is 284 g/mol. The maximum atomic E-state index is 13.2. The molecule has 0 saturated carbocycles. The molecule has 3 rings (SSSR count). The fourth-order valence-electron chi connectivity index (χ4n) is 2.29. The van der Waals surface area contributed by atoms with E-state index in [2.05, 4.69) is 0 Å². The number of carbonyl (C=O) groups excluding carboxylic acids is 1. The van der Waals surface area contributed by atoms with Gasteiger partial charge in [-0.05, 0) is 29.8 Å². The molecular weight excluding hydrogens is 271 g/mol. The Morgan fingerprint density at radius 1 is 1.14 bits per heavy atom. The summed E-state index contributed by atoms with van der Waals surface area (Å²) in [5.74, 6) is -0.500. The number of Topliss-reactive ketones (excluding diaryl/α,β-unsaturated/α-hetero) is 1. The molecule has 0 aliphatic heterocycles. The highest BCUT2D eigenvalue weighted by molar-refractivity contribution is 6.00. The van der Waals surface area contributed by atoms with Crippen molar-refractivity contribution >= 4 is 16.8 Å². The van der Waals surface area contributed by atoms with Gasteiger partial charge in [0.15, 0.2) is 5.76 Å². The van der Waals surface area contributed by atoms with E-state index in [1.165, 1.54) is 31.4 Å². The predicted molar refractivity (Wildman–Crippen MR) is 76.7 cm³/mol. The van der Waals surface area contributed by atoms with Crippen molar-refractivity contribution in [3.63, 3.8) is 0 Å². The molecule has 2 aromatic carbocycles. The topological polar surface area (TPSA) is 39.4 Å². The number of ketones is 1. The van der Waals surface area contributed by atoms with Gasteiger partial charge in [0.25, 0.3) is 0 Å². The van der Waals surface area contributed by atoms with Crippen molar-refractivity contribution in [2.45, 2.75) is 6.10 Å². The first kappa shape index (κ1) is 13.5. The van der Waals surface area contributed by atoms with Crippen LogP contribution < -0.4 is 0 Å². The van der Waals surface area contributed by atoms with Gasteiger partial charge in [0, 0.05) is 12.5 Å². The van der Waals surface area contributed by atoms with Gasteiger partial charge < -0.3 is 9.15 Å². The Morgan fingerprint density at radius 2 is 1.90 bits per heavy atom. The molecule has 3 aromatic rings. The van der Waals surface area contributed by atoms with E-state index in [1.807, 2.05) is 30.3 Å². The summed E-state index contributed by atoms with van der Waals surface area (Å²) in [6.07, 6.45) is -0.739. The Bertz CT molecular complexity index is 777. The molecule has 0 spiro atoms. The first-order valence-electron chi connectivity index (χ1n) is 6.50. The number of rotatable bonds is 4. The summed E-state index contributed by atoms with van der Waals surface area (Å²) in [6, 6.07) is 14.8. The highest BCUT2D eigenvalue weighted by Gasteiger charge is 2.24. The number of hydrogen-bond donors (Lipinski definition) is 0. The summed E-state index contributed by atoms with van der Waals surface area (Å²) in [7, 11) is 1.47. The molecule has 106 valence electrons. The van der Waals surface area contributed by atoms with Crippen LogP contribution in [-0.2, 0) is 4.74 Å². The van der Waals surface area contributed by atoms with Gasteiger partial charge in [0.1, 0.15) is 17.5 Å². The minimum Gasteiger partial charge on any atom is -0.453 e. The van der Waals surface area contributed by atoms with Gasteiger partial charge >= 0.3 is 0 Å². The van der Waals surface area contributed by atoms with Crippen LogP contribution in [0.2, 0.25) is 0 Å². The molecular formula is C17H13FO3. The van der Waals surface area contributed by atoms with Crippen LogP contribution in [0.3, 0.4) is 0 Å². The molecule has 0 aliphatic rings.